The highest BCUT2D eigenvalue weighted by Crippen LogP contribution is 2.28. The minimum absolute atomic E-state index is 0.0904. The van der Waals surface area contributed by atoms with Gasteiger partial charge in [0.25, 0.3) is 6.48 Å². The third-order valence-electron chi connectivity index (χ3n) is 3.66. The molecule has 0 saturated carbocycles. The Kier molecular flexibility index (Phi) is 6.62. The first kappa shape index (κ1) is 19.5. The number of hydrogen-bond donors (Lipinski definition) is 3. The fourth-order valence-corrected chi connectivity index (χ4v) is 2.43. The molecule has 0 aromatic rings. The second kappa shape index (κ2) is 8.50. The summed E-state index contributed by atoms with van der Waals surface area (Å²) in [5.41, 5.74) is -0.0904. The highest BCUT2D eigenvalue weighted by atomic mass is 16.9. The number of nitrogens with zero attached hydrogens (tertiary/aromatic N) is 1. The van der Waals surface area contributed by atoms with Crippen LogP contribution in [0.4, 0.5) is 4.79 Å². The molecule has 1 unspecified atom stereocenters. The highest BCUT2D eigenvalue weighted by Gasteiger charge is 2.48. The number of fused-ring (bicyclic) bond motifs is 1. The van der Waals surface area contributed by atoms with E-state index in [4.69, 9.17) is 18.9 Å². The molecule has 2 amide bonds. The number of aliphatic imine (C=N–C) groups is 1. The molecule has 0 aliphatic carbocycles. The first-order valence-electron chi connectivity index (χ1n) is 7.81. The lowest BCUT2D eigenvalue weighted by Crippen LogP contribution is -2.57. The van der Waals surface area contributed by atoms with Gasteiger partial charge >= 0.3 is 6.03 Å². The van der Waals surface area contributed by atoms with E-state index in [0.29, 0.717) is 6.61 Å². The largest absolute Gasteiger partial charge is 0.512 e. The summed E-state index contributed by atoms with van der Waals surface area (Å²) in [5.74, 6) is -0.689. The van der Waals surface area contributed by atoms with Crippen LogP contribution in [0, 0.1) is 0 Å². The SMILES string of the molecule is CCOC1O[C@H]2[C@H](O)[C@@H](NC(=O)/N=C/C(C(C)=O)=C(\C)O)OC[C@H]2O1. The molecule has 10 nitrogen and oxygen atoms in total. The van der Waals surface area contributed by atoms with E-state index in [9.17, 15) is 19.8 Å². The Hall–Kier alpha value is -1.85. The number of Topliss-reactive ketones (excluding diaryl/α,β-unsaturated/α-hetero) is 1. The highest BCUT2D eigenvalue weighted by molar-refractivity contribution is 6.14. The minimum atomic E-state index is -1.19. The van der Waals surface area contributed by atoms with Crippen molar-refractivity contribution in [1.29, 1.82) is 0 Å². The molecule has 0 spiro atoms. The number of aliphatic hydroxyl groups excluding tert-OH is 2. The van der Waals surface area contributed by atoms with Crippen molar-refractivity contribution < 1.29 is 38.7 Å². The lowest BCUT2D eigenvalue weighted by atomic mass is 10.0. The number of aliphatic hydroxyl groups is 2. The van der Waals surface area contributed by atoms with Gasteiger partial charge in [-0.2, -0.15) is 0 Å². The summed E-state index contributed by atoms with van der Waals surface area (Å²) < 4.78 is 21.4. The number of carbonyl (C=O) groups is 2. The molecule has 2 rings (SSSR count). The van der Waals surface area contributed by atoms with Crippen molar-refractivity contribution in [3.05, 3.63) is 11.3 Å². The van der Waals surface area contributed by atoms with E-state index in [1.54, 1.807) is 6.92 Å². The normalized spacial score (nSPS) is 33.0. The monoisotopic (exact) mass is 358 g/mol. The summed E-state index contributed by atoms with van der Waals surface area (Å²) in [6.45, 7) is 3.91. The maximum absolute atomic E-state index is 11.9. The molecule has 0 aromatic heterocycles. The molecule has 140 valence electrons. The molecule has 2 saturated heterocycles. The lowest BCUT2D eigenvalue weighted by molar-refractivity contribution is -0.243. The van der Waals surface area contributed by atoms with Crippen LogP contribution in [0.25, 0.3) is 0 Å². The van der Waals surface area contributed by atoms with E-state index in [1.165, 1.54) is 13.8 Å². The Labute approximate surface area is 144 Å². The van der Waals surface area contributed by atoms with Gasteiger partial charge in [-0.3, -0.25) is 4.79 Å². The molecule has 2 aliphatic rings. The first-order valence-corrected chi connectivity index (χ1v) is 7.81. The molecule has 5 atom stereocenters. The zero-order valence-electron chi connectivity index (χ0n) is 14.2. The molecule has 2 heterocycles. The Morgan fingerprint density at radius 3 is 2.68 bits per heavy atom. The zero-order valence-corrected chi connectivity index (χ0v) is 14.2. The lowest BCUT2D eigenvalue weighted by Gasteiger charge is -2.34. The number of ketones is 1. The third-order valence-corrected chi connectivity index (χ3v) is 3.66. The zero-order chi connectivity index (χ0) is 18.6. The minimum Gasteiger partial charge on any atom is -0.512 e. The second-order valence-electron chi connectivity index (χ2n) is 5.53. The van der Waals surface area contributed by atoms with Gasteiger partial charge in [-0.15, -0.1) is 0 Å². The molecule has 2 fully saturated rings. The van der Waals surface area contributed by atoms with Gasteiger partial charge < -0.3 is 34.5 Å². The van der Waals surface area contributed by atoms with Crippen LogP contribution in [0.1, 0.15) is 20.8 Å². The van der Waals surface area contributed by atoms with Gasteiger partial charge in [0, 0.05) is 12.8 Å². The van der Waals surface area contributed by atoms with Crippen LogP contribution in [0.15, 0.2) is 16.3 Å². The summed E-state index contributed by atoms with van der Waals surface area (Å²) in [6, 6.07) is -0.845. The predicted molar refractivity (Wildman–Crippen MR) is 83.9 cm³/mol. The quantitative estimate of drug-likeness (QED) is 0.355. The van der Waals surface area contributed by atoms with Gasteiger partial charge in [-0.05, 0) is 20.8 Å². The fourth-order valence-electron chi connectivity index (χ4n) is 2.43. The number of ether oxygens (including phenoxy) is 4. The summed E-state index contributed by atoms with van der Waals surface area (Å²) in [7, 11) is 0. The third kappa shape index (κ3) is 4.83. The van der Waals surface area contributed by atoms with Crippen molar-refractivity contribution in [2.24, 2.45) is 4.99 Å². The summed E-state index contributed by atoms with van der Waals surface area (Å²) in [6.07, 6.45) is -2.52. The van der Waals surface area contributed by atoms with Crippen LogP contribution >= 0.6 is 0 Å². The van der Waals surface area contributed by atoms with Crippen LogP contribution in [0.3, 0.4) is 0 Å². The van der Waals surface area contributed by atoms with Gasteiger partial charge in [-0.25, -0.2) is 9.79 Å². The van der Waals surface area contributed by atoms with Crippen molar-refractivity contribution >= 4 is 18.0 Å². The summed E-state index contributed by atoms with van der Waals surface area (Å²) >= 11 is 0. The van der Waals surface area contributed by atoms with E-state index in [1.807, 2.05) is 0 Å². The molecule has 25 heavy (non-hydrogen) atoms. The molecule has 0 aromatic carbocycles. The van der Waals surface area contributed by atoms with Crippen LogP contribution in [-0.4, -0.2) is 72.5 Å². The Morgan fingerprint density at radius 2 is 2.08 bits per heavy atom. The molecule has 0 radical (unpaired) electrons. The summed E-state index contributed by atoms with van der Waals surface area (Å²) in [4.78, 5) is 26.7. The van der Waals surface area contributed by atoms with Crippen molar-refractivity contribution in [1.82, 2.24) is 5.32 Å². The molecular formula is C15H22N2O8. The van der Waals surface area contributed by atoms with Crippen LogP contribution < -0.4 is 5.32 Å². The van der Waals surface area contributed by atoms with E-state index < -0.39 is 42.8 Å². The van der Waals surface area contributed by atoms with Crippen LogP contribution in [0.2, 0.25) is 0 Å². The molecule has 2 aliphatic heterocycles. The van der Waals surface area contributed by atoms with E-state index >= 15 is 0 Å². The number of carbonyl (C=O) groups excluding carboxylic acids is 2. The van der Waals surface area contributed by atoms with Crippen molar-refractivity contribution in [2.45, 2.75) is 51.8 Å². The number of allylic oxidation sites excluding steroid dienone is 2. The van der Waals surface area contributed by atoms with E-state index in [0.717, 1.165) is 6.21 Å². The van der Waals surface area contributed by atoms with Gasteiger partial charge in [0.05, 0.1) is 12.2 Å². The number of rotatable bonds is 5. The maximum atomic E-state index is 11.9. The molecule has 0 bridgehead atoms. The van der Waals surface area contributed by atoms with Gasteiger partial charge in [0.15, 0.2) is 12.0 Å². The smallest absolute Gasteiger partial charge is 0.343 e. The molecule has 3 N–H and O–H groups in total. The van der Waals surface area contributed by atoms with Crippen molar-refractivity contribution in [3.8, 4) is 0 Å². The molecular weight excluding hydrogens is 336 g/mol. The van der Waals surface area contributed by atoms with Crippen molar-refractivity contribution in [3.63, 3.8) is 0 Å². The van der Waals surface area contributed by atoms with E-state index in [2.05, 4.69) is 10.3 Å². The average molecular weight is 358 g/mol. The fraction of sp³-hybridized carbons (Fsp3) is 0.667. The van der Waals surface area contributed by atoms with Crippen LogP contribution in [0.5, 0.6) is 0 Å². The Balaban J connectivity index is 1.94. The predicted octanol–water partition coefficient (Wildman–Crippen LogP) is 0.00910. The van der Waals surface area contributed by atoms with Crippen LogP contribution in [-0.2, 0) is 23.7 Å². The number of urea groups is 1. The molecule has 10 heteroatoms. The number of hydrogen-bond acceptors (Lipinski definition) is 8. The maximum Gasteiger partial charge on any atom is 0.343 e. The average Bonchev–Trinajstić information content (AvgIpc) is 2.93. The van der Waals surface area contributed by atoms with Gasteiger partial charge in [0.2, 0.25) is 0 Å². The number of amides is 2. The summed E-state index contributed by atoms with van der Waals surface area (Å²) in [5, 5.41) is 22.0. The second-order valence-corrected chi connectivity index (χ2v) is 5.53. The standard InChI is InChI=1S/C15H22N2O8/c1-4-22-15-24-10-6-23-13(11(20)12(10)25-15)17-14(21)16-5-9(7(2)18)8(3)19/h5,10-13,15,18,20H,4,6H2,1-3H3,(H,17,21)/b9-7-,16-5+/t10-,11+,12-,13+,15?/m1/s1. The Bertz CT molecular complexity index is 572. The first-order chi connectivity index (χ1) is 11.8. The van der Waals surface area contributed by atoms with E-state index in [-0.39, 0.29) is 17.9 Å². The topological polar surface area (TPSA) is 136 Å². The Morgan fingerprint density at radius 1 is 1.36 bits per heavy atom. The number of nitrogens with one attached hydrogen (secondary N) is 1. The van der Waals surface area contributed by atoms with Gasteiger partial charge in [-0.1, -0.05) is 0 Å². The van der Waals surface area contributed by atoms with Gasteiger partial charge in [0.1, 0.15) is 24.1 Å². The van der Waals surface area contributed by atoms with Crippen molar-refractivity contribution in [2.75, 3.05) is 13.2 Å².